The quantitative estimate of drug-likeness (QED) is 0.871. The van der Waals surface area contributed by atoms with Gasteiger partial charge in [-0.3, -0.25) is 0 Å². The molecule has 0 radical (unpaired) electrons. The zero-order valence-electron chi connectivity index (χ0n) is 10.9. The highest BCUT2D eigenvalue weighted by atomic mass is 16.5. The van der Waals surface area contributed by atoms with Crippen molar-refractivity contribution in [3.63, 3.8) is 0 Å². The van der Waals surface area contributed by atoms with Crippen LogP contribution in [0.4, 0.5) is 5.69 Å². The van der Waals surface area contributed by atoms with E-state index in [-0.39, 0.29) is 0 Å². The van der Waals surface area contributed by atoms with E-state index in [2.05, 4.69) is 24.1 Å². The number of pyridine rings is 1. The van der Waals surface area contributed by atoms with Crippen LogP contribution >= 0.6 is 0 Å². The number of nitrogens with zero attached hydrogens (tertiary/aromatic N) is 1. The van der Waals surface area contributed by atoms with Gasteiger partial charge in [-0.05, 0) is 30.7 Å². The number of ether oxygens (including phenoxy) is 1. The number of aromatic nitrogens is 1. The van der Waals surface area contributed by atoms with E-state index in [0.29, 0.717) is 11.9 Å². The van der Waals surface area contributed by atoms with Gasteiger partial charge in [0.1, 0.15) is 0 Å². The second-order valence-electron chi connectivity index (χ2n) is 5.14. The number of anilines is 1. The maximum atomic E-state index is 5.06. The normalized spacial score (nSPS) is 28.8. The smallest absolute Gasteiger partial charge is 0.213 e. The molecule has 2 rings (SSSR count). The van der Waals surface area contributed by atoms with E-state index in [1.807, 2.05) is 18.3 Å². The van der Waals surface area contributed by atoms with Crippen molar-refractivity contribution in [1.29, 1.82) is 0 Å². The van der Waals surface area contributed by atoms with E-state index in [1.165, 1.54) is 19.3 Å². The summed E-state index contributed by atoms with van der Waals surface area (Å²) in [6.45, 7) is 4.68. The van der Waals surface area contributed by atoms with E-state index < -0.39 is 0 Å². The molecule has 3 heteroatoms. The molecule has 94 valence electrons. The van der Waals surface area contributed by atoms with Gasteiger partial charge in [-0.15, -0.1) is 0 Å². The van der Waals surface area contributed by atoms with Gasteiger partial charge in [0.25, 0.3) is 0 Å². The van der Waals surface area contributed by atoms with Crippen molar-refractivity contribution >= 4 is 5.69 Å². The summed E-state index contributed by atoms with van der Waals surface area (Å²) in [6, 6.07) is 4.51. The number of hydrogen-bond donors (Lipinski definition) is 1. The highest BCUT2D eigenvalue weighted by Gasteiger charge is 2.27. The second-order valence-corrected chi connectivity index (χ2v) is 5.14. The summed E-state index contributed by atoms with van der Waals surface area (Å²) in [7, 11) is 1.64. The molecule has 1 saturated carbocycles. The molecule has 2 unspecified atom stereocenters. The average Bonchev–Trinajstić information content (AvgIpc) is 2.35. The minimum absolute atomic E-state index is 0.568. The molecule has 17 heavy (non-hydrogen) atoms. The van der Waals surface area contributed by atoms with Gasteiger partial charge in [-0.1, -0.05) is 20.3 Å². The molecule has 0 aromatic carbocycles. The number of hydrogen-bond acceptors (Lipinski definition) is 3. The van der Waals surface area contributed by atoms with E-state index in [9.17, 15) is 0 Å². The fraction of sp³-hybridized carbons (Fsp3) is 0.643. The molecule has 0 saturated heterocycles. The average molecular weight is 234 g/mol. The van der Waals surface area contributed by atoms with Gasteiger partial charge >= 0.3 is 0 Å². The van der Waals surface area contributed by atoms with Crippen molar-refractivity contribution in [2.24, 2.45) is 11.8 Å². The summed E-state index contributed by atoms with van der Waals surface area (Å²) < 4.78 is 5.06. The topological polar surface area (TPSA) is 34.1 Å². The Morgan fingerprint density at radius 2 is 1.94 bits per heavy atom. The van der Waals surface area contributed by atoms with Crippen molar-refractivity contribution in [3.8, 4) is 5.88 Å². The van der Waals surface area contributed by atoms with Crippen LogP contribution in [0.2, 0.25) is 0 Å². The highest BCUT2D eigenvalue weighted by Crippen LogP contribution is 2.31. The highest BCUT2D eigenvalue weighted by molar-refractivity contribution is 5.43. The van der Waals surface area contributed by atoms with Crippen molar-refractivity contribution in [3.05, 3.63) is 18.3 Å². The van der Waals surface area contributed by atoms with Crippen molar-refractivity contribution in [2.45, 2.75) is 39.2 Å². The maximum Gasteiger partial charge on any atom is 0.213 e. The van der Waals surface area contributed by atoms with Crippen LogP contribution in [0.25, 0.3) is 0 Å². The lowest BCUT2D eigenvalue weighted by Crippen LogP contribution is -2.37. The van der Waals surface area contributed by atoms with Crippen LogP contribution in [0.15, 0.2) is 18.3 Å². The Bertz CT molecular complexity index is 340. The lowest BCUT2D eigenvalue weighted by atomic mass is 9.78. The van der Waals surface area contributed by atoms with Crippen LogP contribution in [0, 0.1) is 11.8 Å². The Kier molecular flexibility index (Phi) is 3.87. The SMILES string of the molecule is COc1ccc(NC2C(C)CCCC2C)cn1. The Labute approximate surface area is 104 Å². The van der Waals surface area contributed by atoms with E-state index in [4.69, 9.17) is 4.74 Å². The standard InChI is InChI=1S/C14H22N2O/c1-10-5-4-6-11(2)14(10)16-12-7-8-13(17-3)15-9-12/h7-11,14,16H,4-6H2,1-3H3. The van der Waals surface area contributed by atoms with Crippen LogP contribution in [0.3, 0.4) is 0 Å². The molecule has 1 N–H and O–H groups in total. The second kappa shape index (κ2) is 5.39. The molecule has 1 aromatic heterocycles. The Morgan fingerprint density at radius 3 is 2.47 bits per heavy atom. The minimum atomic E-state index is 0.568. The van der Waals surface area contributed by atoms with Gasteiger partial charge in [-0.25, -0.2) is 4.98 Å². The van der Waals surface area contributed by atoms with Crippen LogP contribution in [0.5, 0.6) is 5.88 Å². The number of methoxy groups -OCH3 is 1. The zero-order valence-corrected chi connectivity index (χ0v) is 10.9. The monoisotopic (exact) mass is 234 g/mol. The summed E-state index contributed by atoms with van der Waals surface area (Å²) in [5, 5.41) is 3.61. The minimum Gasteiger partial charge on any atom is -0.481 e. The fourth-order valence-electron chi connectivity index (χ4n) is 2.75. The van der Waals surface area contributed by atoms with Crippen molar-refractivity contribution in [1.82, 2.24) is 4.98 Å². The summed E-state index contributed by atoms with van der Waals surface area (Å²) in [6.07, 6.45) is 5.87. The van der Waals surface area contributed by atoms with Gasteiger partial charge < -0.3 is 10.1 Å². The van der Waals surface area contributed by atoms with Crippen LogP contribution in [-0.2, 0) is 0 Å². The van der Waals surface area contributed by atoms with Crippen molar-refractivity contribution in [2.75, 3.05) is 12.4 Å². The predicted octanol–water partition coefficient (Wildman–Crippen LogP) is 3.33. The van der Waals surface area contributed by atoms with E-state index in [1.54, 1.807) is 7.11 Å². The first-order chi connectivity index (χ1) is 8.20. The molecule has 1 heterocycles. The Balaban J connectivity index is 2.03. The molecule has 0 aliphatic heterocycles. The van der Waals surface area contributed by atoms with Gasteiger partial charge in [-0.2, -0.15) is 0 Å². The van der Waals surface area contributed by atoms with E-state index >= 15 is 0 Å². The summed E-state index contributed by atoms with van der Waals surface area (Å²) in [5.74, 6) is 2.14. The third-order valence-electron chi connectivity index (χ3n) is 3.82. The molecular weight excluding hydrogens is 212 g/mol. The first-order valence-corrected chi connectivity index (χ1v) is 6.47. The lowest BCUT2D eigenvalue weighted by molar-refractivity contribution is 0.268. The molecule has 2 atom stereocenters. The molecule has 0 amide bonds. The molecule has 3 nitrogen and oxygen atoms in total. The molecule has 1 aliphatic rings. The molecule has 0 bridgehead atoms. The van der Waals surface area contributed by atoms with E-state index in [0.717, 1.165) is 17.5 Å². The van der Waals surface area contributed by atoms with Gasteiger partial charge in [0.2, 0.25) is 5.88 Å². The van der Waals surface area contributed by atoms with Crippen LogP contribution < -0.4 is 10.1 Å². The maximum absolute atomic E-state index is 5.06. The number of rotatable bonds is 3. The van der Waals surface area contributed by atoms with Crippen LogP contribution in [0.1, 0.15) is 33.1 Å². The Hall–Kier alpha value is -1.25. The van der Waals surface area contributed by atoms with Gasteiger partial charge in [0, 0.05) is 12.1 Å². The third kappa shape index (κ3) is 2.90. The summed E-state index contributed by atoms with van der Waals surface area (Å²) >= 11 is 0. The largest absolute Gasteiger partial charge is 0.481 e. The first-order valence-electron chi connectivity index (χ1n) is 6.47. The van der Waals surface area contributed by atoms with Crippen LogP contribution in [-0.4, -0.2) is 18.1 Å². The molecule has 1 aliphatic carbocycles. The third-order valence-corrected chi connectivity index (χ3v) is 3.82. The number of nitrogens with one attached hydrogen (secondary N) is 1. The first kappa shape index (κ1) is 12.2. The predicted molar refractivity (Wildman–Crippen MR) is 70.4 cm³/mol. The molecule has 0 spiro atoms. The fourth-order valence-corrected chi connectivity index (χ4v) is 2.75. The molecular formula is C14H22N2O. The summed E-state index contributed by atoms with van der Waals surface area (Å²) in [4.78, 5) is 4.23. The lowest BCUT2D eigenvalue weighted by Gasteiger charge is -2.35. The molecule has 1 fully saturated rings. The van der Waals surface area contributed by atoms with Crippen molar-refractivity contribution < 1.29 is 4.74 Å². The summed E-state index contributed by atoms with van der Waals surface area (Å²) in [5.41, 5.74) is 1.09. The zero-order chi connectivity index (χ0) is 12.3. The Morgan fingerprint density at radius 1 is 1.24 bits per heavy atom. The van der Waals surface area contributed by atoms with Gasteiger partial charge in [0.05, 0.1) is 19.0 Å². The molecule has 1 aromatic rings. The van der Waals surface area contributed by atoms with Gasteiger partial charge in [0.15, 0.2) is 0 Å².